The van der Waals surface area contributed by atoms with Crippen molar-refractivity contribution in [3.05, 3.63) is 35.6 Å². The third kappa shape index (κ3) is 3.29. The van der Waals surface area contributed by atoms with E-state index in [4.69, 9.17) is 0 Å². The van der Waals surface area contributed by atoms with E-state index in [1.54, 1.807) is 18.3 Å². The molecule has 0 amide bonds. The van der Waals surface area contributed by atoms with Crippen LogP contribution in [0.25, 0.3) is 0 Å². The number of hydrogen-bond acceptors (Lipinski definition) is 3. The summed E-state index contributed by atoms with van der Waals surface area (Å²) in [4.78, 5) is 0. The van der Waals surface area contributed by atoms with Crippen LogP contribution in [0.15, 0.2) is 29.4 Å². The Morgan fingerprint density at radius 2 is 1.94 bits per heavy atom. The van der Waals surface area contributed by atoms with Crippen LogP contribution < -0.4 is 0 Å². The fraction of sp³-hybridized carbons (Fsp3) is 0.500. The Labute approximate surface area is 107 Å². The van der Waals surface area contributed by atoms with E-state index in [2.05, 4.69) is 5.10 Å². The average molecular weight is 250 g/mol. The van der Waals surface area contributed by atoms with Crippen LogP contribution in [-0.4, -0.2) is 35.5 Å². The topological polar surface area (TPSA) is 35.8 Å². The molecule has 1 aromatic carbocycles. The molecule has 0 radical (unpaired) electrons. The summed E-state index contributed by atoms with van der Waals surface area (Å²) in [5.41, 5.74) is 0.855. The van der Waals surface area contributed by atoms with Gasteiger partial charge in [0.05, 0.1) is 18.4 Å². The Balaban J connectivity index is 1.97. The summed E-state index contributed by atoms with van der Waals surface area (Å²) in [5, 5.41) is 16.0. The molecule has 3 nitrogen and oxygen atoms in total. The predicted octanol–water partition coefficient (Wildman–Crippen LogP) is 2.39. The van der Waals surface area contributed by atoms with Crippen molar-refractivity contribution in [1.29, 1.82) is 0 Å². The number of benzene rings is 1. The lowest BCUT2D eigenvalue weighted by Gasteiger charge is -2.33. The minimum Gasteiger partial charge on any atom is -0.391 e. The molecule has 1 fully saturated rings. The first-order chi connectivity index (χ1) is 8.66. The molecule has 1 aromatic rings. The SMILES string of the molecule is CN(/N=C/c1ccc(F)cc1)[C@H]1CCCC[C@@H]1O. The van der Waals surface area contributed by atoms with Gasteiger partial charge in [0.2, 0.25) is 0 Å². The minimum atomic E-state index is -0.297. The molecule has 1 saturated carbocycles. The molecule has 0 unspecified atom stereocenters. The minimum absolute atomic E-state index is 0.0930. The Kier molecular flexibility index (Phi) is 4.31. The van der Waals surface area contributed by atoms with Gasteiger partial charge >= 0.3 is 0 Å². The van der Waals surface area contributed by atoms with E-state index in [-0.39, 0.29) is 18.0 Å². The summed E-state index contributed by atoms with van der Waals surface area (Å²) in [6.07, 6.45) is 5.44. The van der Waals surface area contributed by atoms with Crippen molar-refractivity contribution in [1.82, 2.24) is 5.01 Å². The second-order valence-electron chi connectivity index (χ2n) is 4.79. The van der Waals surface area contributed by atoms with Crippen LogP contribution in [0, 0.1) is 5.82 Å². The lowest BCUT2D eigenvalue weighted by molar-refractivity contribution is 0.0338. The van der Waals surface area contributed by atoms with Gasteiger partial charge in [0, 0.05) is 7.05 Å². The van der Waals surface area contributed by atoms with Crippen LogP contribution in [0.2, 0.25) is 0 Å². The van der Waals surface area contributed by atoms with Gasteiger partial charge < -0.3 is 5.11 Å². The van der Waals surface area contributed by atoms with Gasteiger partial charge in [-0.05, 0) is 30.5 Å². The molecule has 0 aromatic heterocycles. The number of likely N-dealkylation sites (N-methyl/N-ethyl adjacent to an activating group) is 1. The normalized spacial score (nSPS) is 24.4. The summed E-state index contributed by atoms with van der Waals surface area (Å²) in [7, 11) is 1.87. The summed E-state index contributed by atoms with van der Waals surface area (Å²) >= 11 is 0. The maximum Gasteiger partial charge on any atom is 0.123 e. The monoisotopic (exact) mass is 250 g/mol. The van der Waals surface area contributed by atoms with Crippen molar-refractivity contribution in [2.24, 2.45) is 5.10 Å². The number of halogens is 1. The van der Waals surface area contributed by atoms with Crippen molar-refractivity contribution in [3.63, 3.8) is 0 Å². The standard InChI is InChI=1S/C14H19FN2O/c1-17(13-4-2-3-5-14(13)18)16-10-11-6-8-12(15)9-7-11/h6-10,13-14,18H,2-5H2,1H3/b16-10+/t13-,14-/m0/s1. The maximum atomic E-state index is 12.7. The zero-order valence-corrected chi connectivity index (χ0v) is 10.6. The number of rotatable bonds is 3. The highest BCUT2D eigenvalue weighted by Crippen LogP contribution is 2.22. The first-order valence-corrected chi connectivity index (χ1v) is 6.37. The zero-order valence-electron chi connectivity index (χ0n) is 10.6. The Hall–Kier alpha value is -1.42. The van der Waals surface area contributed by atoms with Gasteiger partial charge in [-0.25, -0.2) is 4.39 Å². The first-order valence-electron chi connectivity index (χ1n) is 6.37. The van der Waals surface area contributed by atoms with E-state index in [1.165, 1.54) is 12.1 Å². The van der Waals surface area contributed by atoms with E-state index in [0.29, 0.717) is 0 Å². The summed E-state index contributed by atoms with van der Waals surface area (Å²) < 4.78 is 12.7. The molecule has 1 aliphatic rings. The van der Waals surface area contributed by atoms with Crippen LogP contribution in [0.4, 0.5) is 4.39 Å². The Morgan fingerprint density at radius 3 is 2.61 bits per heavy atom. The molecule has 0 spiro atoms. The van der Waals surface area contributed by atoms with Crippen molar-refractivity contribution in [2.75, 3.05) is 7.05 Å². The summed E-state index contributed by atoms with van der Waals surface area (Å²) in [6.45, 7) is 0. The van der Waals surface area contributed by atoms with E-state index in [0.717, 1.165) is 31.2 Å². The first kappa shape index (κ1) is 13.0. The summed E-state index contributed by atoms with van der Waals surface area (Å²) in [6, 6.07) is 6.29. The molecule has 1 N–H and O–H groups in total. The third-order valence-electron chi connectivity index (χ3n) is 3.43. The quantitative estimate of drug-likeness (QED) is 0.660. The van der Waals surface area contributed by atoms with E-state index < -0.39 is 0 Å². The van der Waals surface area contributed by atoms with Crippen LogP contribution in [0.5, 0.6) is 0 Å². The molecule has 0 saturated heterocycles. The van der Waals surface area contributed by atoms with Gasteiger partial charge in [0.1, 0.15) is 5.82 Å². The second kappa shape index (κ2) is 5.96. The maximum absolute atomic E-state index is 12.7. The van der Waals surface area contributed by atoms with Crippen LogP contribution >= 0.6 is 0 Å². The van der Waals surface area contributed by atoms with Crippen LogP contribution in [0.3, 0.4) is 0 Å². The average Bonchev–Trinajstić information content (AvgIpc) is 2.38. The number of aliphatic hydroxyl groups excluding tert-OH is 1. The van der Waals surface area contributed by atoms with E-state index in [9.17, 15) is 9.50 Å². The third-order valence-corrected chi connectivity index (χ3v) is 3.43. The Morgan fingerprint density at radius 1 is 1.28 bits per heavy atom. The Bertz CT molecular complexity index is 405. The molecule has 0 bridgehead atoms. The number of aliphatic hydroxyl groups is 1. The van der Waals surface area contributed by atoms with Gasteiger partial charge in [-0.1, -0.05) is 25.0 Å². The van der Waals surface area contributed by atoms with Gasteiger partial charge in [-0.15, -0.1) is 0 Å². The number of hydrogen-bond donors (Lipinski definition) is 1. The molecule has 98 valence electrons. The smallest absolute Gasteiger partial charge is 0.123 e. The number of hydrazone groups is 1. The number of nitrogens with zero attached hydrogens (tertiary/aromatic N) is 2. The molecular formula is C14H19FN2O. The fourth-order valence-corrected chi connectivity index (χ4v) is 2.32. The highest BCUT2D eigenvalue weighted by atomic mass is 19.1. The lowest BCUT2D eigenvalue weighted by Crippen LogP contribution is -2.40. The molecule has 0 heterocycles. The molecule has 2 atom stereocenters. The molecule has 1 aliphatic carbocycles. The molecule has 4 heteroatoms. The zero-order chi connectivity index (χ0) is 13.0. The molecule has 0 aliphatic heterocycles. The van der Waals surface area contributed by atoms with E-state index in [1.807, 2.05) is 12.1 Å². The van der Waals surface area contributed by atoms with Crippen molar-refractivity contribution >= 4 is 6.21 Å². The molecule has 18 heavy (non-hydrogen) atoms. The molecule has 2 rings (SSSR count). The van der Waals surface area contributed by atoms with Gasteiger partial charge in [-0.2, -0.15) is 5.10 Å². The van der Waals surface area contributed by atoms with Crippen molar-refractivity contribution in [2.45, 2.75) is 37.8 Å². The second-order valence-corrected chi connectivity index (χ2v) is 4.79. The highest BCUT2D eigenvalue weighted by molar-refractivity contribution is 5.79. The van der Waals surface area contributed by atoms with Gasteiger partial charge in [0.15, 0.2) is 0 Å². The predicted molar refractivity (Wildman–Crippen MR) is 70.0 cm³/mol. The van der Waals surface area contributed by atoms with Gasteiger partial charge in [0.25, 0.3) is 0 Å². The van der Waals surface area contributed by atoms with Gasteiger partial charge in [-0.3, -0.25) is 5.01 Å². The van der Waals surface area contributed by atoms with Crippen molar-refractivity contribution in [3.8, 4) is 0 Å². The van der Waals surface area contributed by atoms with E-state index >= 15 is 0 Å². The van der Waals surface area contributed by atoms with Crippen LogP contribution in [-0.2, 0) is 0 Å². The fourth-order valence-electron chi connectivity index (χ4n) is 2.32. The van der Waals surface area contributed by atoms with Crippen LogP contribution in [0.1, 0.15) is 31.2 Å². The van der Waals surface area contributed by atoms with Crippen molar-refractivity contribution < 1.29 is 9.50 Å². The largest absolute Gasteiger partial charge is 0.391 e. The summed E-state index contributed by atoms with van der Waals surface area (Å²) in [5.74, 6) is -0.247. The molecular weight excluding hydrogens is 231 g/mol. The highest BCUT2D eigenvalue weighted by Gasteiger charge is 2.25. The lowest BCUT2D eigenvalue weighted by atomic mass is 9.92.